The van der Waals surface area contributed by atoms with Crippen LogP contribution in [0.25, 0.3) is 139 Å². The standard InChI is InChI=1S/C64H38S2/c1-3-16-39(17-4-1)41-31-34-57-55(36-41)56-37-42(32-35-58(56)65-57)61-45-20-7-9-22-47(45)62(48-23-10-8-21-46(48)61)43-30-33-44-53-28-15-29-54(64(53)66-59(44)38-43)63-51-26-13-11-24-49(51)60(40-18-5-2-6-19-40)50-25-12-14-27-52(50)63/h1-38H. The monoisotopic (exact) mass is 870 g/mol. The van der Waals surface area contributed by atoms with Crippen LogP contribution in [0.3, 0.4) is 0 Å². The minimum Gasteiger partial charge on any atom is -0.135 e. The van der Waals surface area contributed by atoms with Gasteiger partial charge in [0.15, 0.2) is 0 Å². The molecule has 0 radical (unpaired) electrons. The maximum atomic E-state index is 2.46. The molecule has 0 aliphatic heterocycles. The van der Waals surface area contributed by atoms with E-state index in [1.165, 1.54) is 139 Å². The molecule has 0 unspecified atom stereocenters. The van der Waals surface area contributed by atoms with E-state index in [2.05, 4.69) is 231 Å². The summed E-state index contributed by atoms with van der Waals surface area (Å²) in [4.78, 5) is 0. The summed E-state index contributed by atoms with van der Waals surface area (Å²) in [7, 11) is 0. The van der Waals surface area contributed by atoms with Crippen LogP contribution in [0.15, 0.2) is 231 Å². The zero-order valence-electron chi connectivity index (χ0n) is 35.8. The second kappa shape index (κ2) is 14.8. The molecule has 0 spiro atoms. The zero-order valence-corrected chi connectivity index (χ0v) is 37.4. The van der Waals surface area contributed by atoms with Crippen molar-refractivity contribution in [3.8, 4) is 55.6 Å². The van der Waals surface area contributed by atoms with Gasteiger partial charge in [0, 0.05) is 45.9 Å². The van der Waals surface area contributed by atoms with E-state index in [9.17, 15) is 0 Å². The minimum absolute atomic E-state index is 1.24. The van der Waals surface area contributed by atoms with Crippen LogP contribution >= 0.6 is 22.7 Å². The third-order valence-corrected chi connectivity index (χ3v) is 16.2. The second-order valence-electron chi connectivity index (χ2n) is 17.4. The molecule has 0 fully saturated rings. The lowest BCUT2D eigenvalue weighted by atomic mass is 9.85. The molecule has 66 heavy (non-hydrogen) atoms. The van der Waals surface area contributed by atoms with E-state index in [0.717, 1.165) is 0 Å². The molecular formula is C64H38S2. The van der Waals surface area contributed by atoms with Gasteiger partial charge in [-0.05, 0) is 123 Å². The van der Waals surface area contributed by atoms with Gasteiger partial charge in [-0.3, -0.25) is 0 Å². The van der Waals surface area contributed by atoms with Gasteiger partial charge in [-0.1, -0.05) is 200 Å². The number of benzene rings is 12. The Labute approximate surface area is 389 Å². The van der Waals surface area contributed by atoms with Crippen LogP contribution in [-0.4, -0.2) is 0 Å². The lowest BCUT2D eigenvalue weighted by Gasteiger charge is -2.18. The molecule has 0 N–H and O–H groups in total. The Bertz CT molecular complexity index is 4150. The molecule has 0 saturated heterocycles. The van der Waals surface area contributed by atoms with E-state index in [1.54, 1.807) is 0 Å². The normalized spacial score (nSPS) is 11.9. The molecule has 306 valence electrons. The van der Waals surface area contributed by atoms with Crippen molar-refractivity contribution < 1.29 is 0 Å². The molecular weight excluding hydrogens is 833 g/mol. The summed E-state index contributed by atoms with van der Waals surface area (Å²) in [5, 5.41) is 15.4. The van der Waals surface area contributed by atoms with E-state index in [-0.39, 0.29) is 0 Å². The van der Waals surface area contributed by atoms with Crippen molar-refractivity contribution in [3.63, 3.8) is 0 Å². The van der Waals surface area contributed by atoms with Crippen molar-refractivity contribution in [3.05, 3.63) is 231 Å². The van der Waals surface area contributed by atoms with E-state index < -0.39 is 0 Å². The molecule has 0 saturated carbocycles. The average molecular weight is 871 g/mol. The van der Waals surface area contributed by atoms with Gasteiger partial charge >= 0.3 is 0 Å². The predicted molar refractivity (Wildman–Crippen MR) is 289 cm³/mol. The first-order valence-electron chi connectivity index (χ1n) is 22.7. The maximum Gasteiger partial charge on any atom is 0.0434 e. The van der Waals surface area contributed by atoms with Gasteiger partial charge in [-0.15, -0.1) is 22.7 Å². The highest BCUT2D eigenvalue weighted by molar-refractivity contribution is 7.26. The fourth-order valence-corrected chi connectivity index (χ4v) is 13.3. The summed E-state index contributed by atoms with van der Waals surface area (Å²) in [6.07, 6.45) is 0. The van der Waals surface area contributed by atoms with Crippen molar-refractivity contribution in [2.45, 2.75) is 0 Å². The molecule has 2 aromatic heterocycles. The smallest absolute Gasteiger partial charge is 0.0434 e. The number of thiophene rings is 2. The average Bonchev–Trinajstić information content (AvgIpc) is 3.95. The van der Waals surface area contributed by atoms with Crippen LogP contribution in [0.1, 0.15) is 0 Å². The molecule has 12 aromatic carbocycles. The first-order chi connectivity index (χ1) is 32.7. The fourth-order valence-electron chi connectivity index (χ4n) is 11.0. The van der Waals surface area contributed by atoms with E-state index >= 15 is 0 Å². The summed E-state index contributed by atoms with van der Waals surface area (Å²) in [5.41, 5.74) is 12.7. The third-order valence-electron chi connectivity index (χ3n) is 13.8. The van der Waals surface area contributed by atoms with Crippen molar-refractivity contribution in [1.29, 1.82) is 0 Å². The molecule has 2 heteroatoms. The zero-order chi connectivity index (χ0) is 43.3. The molecule has 0 nitrogen and oxygen atoms in total. The van der Waals surface area contributed by atoms with E-state index in [4.69, 9.17) is 0 Å². The van der Waals surface area contributed by atoms with Gasteiger partial charge in [-0.25, -0.2) is 0 Å². The largest absolute Gasteiger partial charge is 0.135 e. The van der Waals surface area contributed by atoms with Gasteiger partial charge in [0.25, 0.3) is 0 Å². The van der Waals surface area contributed by atoms with Crippen LogP contribution in [0, 0.1) is 0 Å². The van der Waals surface area contributed by atoms with E-state index in [0.29, 0.717) is 0 Å². The number of rotatable bonds is 5. The summed E-state index contributed by atoms with van der Waals surface area (Å²) in [6, 6.07) is 85.8. The Kier molecular flexibility index (Phi) is 8.43. The molecule has 0 amide bonds. The second-order valence-corrected chi connectivity index (χ2v) is 19.6. The minimum atomic E-state index is 1.24. The number of fused-ring (bicyclic) bond motifs is 10. The van der Waals surface area contributed by atoms with Gasteiger partial charge in [-0.2, -0.15) is 0 Å². The molecule has 0 bridgehead atoms. The van der Waals surface area contributed by atoms with Crippen molar-refractivity contribution in [2.75, 3.05) is 0 Å². The van der Waals surface area contributed by atoms with Crippen LogP contribution in [0.2, 0.25) is 0 Å². The lowest BCUT2D eigenvalue weighted by molar-refractivity contribution is 1.66. The Morgan fingerprint density at radius 3 is 1.15 bits per heavy atom. The Balaban J connectivity index is 0.962. The quantitative estimate of drug-likeness (QED) is 0.151. The first-order valence-corrected chi connectivity index (χ1v) is 24.3. The van der Waals surface area contributed by atoms with Crippen LogP contribution in [-0.2, 0) is 0 Å². The van der Waals surface area contributed by atoms with Gasteiger partial charge in [0.1, 0.15) is 0 Å². The van der Waals surface area contributed by atoms with Crippen molar-refractivity contribution in [1.82, 2.24) is 0 Å². The van der Waals surface area contributed by atoms with Gasteiger partial charge in [0.05, 0.1) is 0 Å². The highest BCUT2D eigenvalue weighted by Crippen LogP contribution is 2.50. The van der Waals surface area contributed by atoms with Gasteiger partial charge in [0.2, 0.25) is 0 Å². The molecule has 2 heterocycles. The third kappa shape index (κ3) is 5.69. The Morgan fingerprint density at radius 2 is 0.606 bits per heavy atom. The van der Waals surface area contributed by atoms with Crippen molar-refractivity contribution >= 4 is 106 Å². The highest BCUT2D eigenvalue weighted by Gasteiger charge is 2.22. The first kappa shape index (κ1) is 37.5. The topological polar surface area (TPSA) is 0 Å². The van der Waals surface area contributed by atoms with Crippen LogP contribution in [0.5, 0.6) is 0 Å². The van der Waals surface area contributed by atoms with Crippen LogP contribution < -0.4 is 0 Å². The molecule has 0 aliphatic rings. The van der Waals surface area contributed by atoms with Crippen molar-refractivity contribution in [2.24, 2.45) is 0 Å². The predicted octanol–water partition coefficient (Wildman–Crippen LogP) is 19.4. The highest BCUT2D eigenvalue weighted by atomic mass is 32.1. The maximum absolute atomic E-state index is 2.46. The molecule has 14 rings (SSSR count). The fraction of sp³-hybridized carbons (Fsp3) is 0. The molecule has 0 aliphatic carbocycles. The lowest BCUT2D eigenvalue weighted by Crippen LogP contribution is -1.90. The van der Waals surface area contributed by atoms with Gasteiger partial charge < -0.3 is 0 Å². The van der Waals surface area contributed by atoms with E-state index in [1.807, 2.05) is 22.7 Å². The SMILES string of the molecule is c1ccc(-c2ccc3sc4ccc(-c5c6ccccc6c(-c6ccc7c(c6)sc6c(-c8c9ccccc9c(-c9ccccc9)c9ccccc89)cccc67)c6ccccc56)cc4c3c2)cc1. The summed E-state index contributed by atoms with van der Waals surface area (Å²) in [6.45, 7) is 0. The Hall–Kier alpha value is -7.88. The summed E-state index contributed by atoms with van der Waals surface area (Å²) >= 11 is 3.80. The number of hydrogen-bond donors (Lipinski definition) is 0. The van der Waals surface area contributed by atoms with Crippen LogP contribution in [0.4, 0.5) is 0 Å². The molecule has 0 atom stereocenters. The summed E-state index contributed by atoms with van der Waals surface area (Å²) < 4.78 is 5.25. The number of hydrogen-bond acceptors (Lipinski definition) is 2. The summed E-state index contributed by atoms with van der Waals surface area (Å²) in [5.74, 6) is 0. The Morgan fingerprint density at radius 1 is 0.197 bits per heavy atom. The molecule has 14 aromatic rings.